The maximum atomic E-state index is 10.5. The predicted molar refractivity (Wildman–Crippen MR) is 59.9 cm³/mol. The van der Waals surface area contributed by atoms with Crippen molar-refractivity contribution in [2.45, 2.75) is 17.8 Å². The second kappa shape index (κ2) is 5.14. The van der Waals surface area contributed by atoms with Crippen LogP contribution in [0, 0.1) is 0 Å². The molecule has 0 fully saturated rings. The van der Waals surface area contributed by atoms with Gasteiger partial charge in [0.2, 0.25) is 0 Å². The molecule has 0 heterocycles. The summed E-state index contributed by atoms with van der Waals surface area (Å²) in [7, 11) is 1.72. The second-order valence-electron chi connectivity index (χ2n) is 3.31. The third-order valence-electron chi connectivity index (χ3n) is 2.31. The van der Waals surface area contributed by atoms with E-state index in [4.69, 9.17) is 16.7 Å². The summed E-state index contributed by atoms with van der Waals surface area (Å²) in [6.45, 7) is 0. The minimum Gasteiger partial charge on any atom is -0.481 e. The van der Waals surface area contributed by atoms with Crippen molar-refractivity contribution in [3.63, 3.8) is 0 Å². The van der Waals surface area contributed by atoms with E-state index in [2.05, 4.69) is 5.32 Å². The van der Waals surface area contributed by atoms with Gasteiger partial charge in [0, 0.05) is 6.42 Å². The number of aliphatic carboxylic acids is 1. The SMILES string of the molecule is CNC(Cl)(CCC(=O)O)c1ccccc1. The van der Waals surface area contributed by atoms with Gasteiger partial charge in [0.05, 0.1) is 0 Å². The van der Waals surface area contributed by atoms with Gasteiger partial charge in [-0.2, -0.15) is 0 Å². The molecule has 0 aliphatic heterocycles. The number of carboxylic acids is 1. The van der Waals surface area contributed by atoms with E-state index in [1.54, 1.807) is 7.05 Å². The van der Waals surface area contributed by atoms with Crippen molar-refractivity contribution in [3.8, 4) is 0 Å². The van der Waals surface area contributed by atoms with Crippen LogP contribution in [0.3, 0.4) is 0 Å². The van der Waals surface area contributed by atoms with Crippen LogP contribution in [-0.2, 0) is 9.79 Å². The molecule has 0 bridgehead atoms. The van der Waals surface area contributed by atoms with Crippen molar-refractivity contribution in [2.24, 2.45) is 0 Å². The molecular formula is C11H14ClNO2. The molecule has 82 valence electrons. The summed E-state index contributed by atoms with van der Waals surface area (Å²) in [5, 5.41) is 11.6. The Kier molecular flexibility index (Phi) is 4.12. The lowest BCUT2D eigenvalue weighted by Crippen LogP contribution is -2.34. The van der Waals surface area contributed by atoms with Gasteiger partial charge in [0.1, 0.15) is 5.00 Å². The van der Waals surface area contributed by atoms with Crippen molar-refractivity contribution in [2.75, 3.05) is 7.05 Å². The zero-order valence-corrected chi connectivity index (χ0v) is 9.29. The number of rotatable bonds is 5. The lowest BCUT2D eigenvalue weighted by Gasteiger charge is -2.26. The summed E-state index contributed by atoms with van der Waals surface area (Å²) in [5.41, 5.74) is 0.885. The van der Waals surface area contributed by atoms with E-state index < -0.39 is 11.0 Å². The monoisotopic (exact) mass is 227 g/mol. The minimum atomic E-state index is -0.841. The number of carboxylic acid groups (broad SMARTS) is 1. The number of hydrogen-bond donors (Lipinski definition) is 2. The number of nitrogens with one attached hydrogen (secondary N) is 1. The molecule has 1 unspecified atom stereocenters. The molecule has 0 aliphatic rings. The lowest BCUT2D eigenvalue weighted by atomic mass is 10.0. The molecule has 0 spiro atoms. The van der Waals surface area contributed by atoms with Gasteiger partial charge in [0.25, 0.3) is 0 Å². The highest BCUT2D eigenvalue weighted by Gasteiger charge is 2.27. The van der Waals surface area contributed by atoms with Gasteiger partial charge >= 0.3 is 5.97 Å². The van der Waals surface area contributed by atoms with Crippen LogP contribution in [0.1, 0.15) is 18.4 Å². The van der Waals surface area contributed by atoms with Gasteiger partial charge in [-0.25, -0.2) is 0 Å². The third-order valence-corrected chi connectivity index (χ3v) is 2.91. The fraction of sp³-hybridized carbons (Fsp3) is 0.364. The number of alkyl halides is 1. The highest BCUT2D eigenvalue weighted by Crippen LogP contribution is 2.30. The minimum absolute atomic E-state index is 0.0409. The van der Waals surface area contributed by atoms with Crippen LogP contribution in [0.5, 0.6) is 0 Å². The van der Waals surface area contributed by atoms with Crippen LogP contribution < -0.4 is 5.32 Å². The number of halogens is 1. The first-order valence-corrected chi connectivity index (χ1v) is 5.11. The van der Waals surface area contributed by atoms with Crippen molar-refractivity contribution >= 4 is 17.6 Å². The van der Waals surface area contributed by atoms with Crippen LogP contribution in [0.4, 0.5) is 0 Å². The van der Waals surface area contributed by atoms with Gasteiger partial charge in [-0.05, 0) is 19.0 Å². The number of hydrogen-bond acceptors (Lipinski definition) is 2. The summed E-state index contributed by atoms with van der Waals surface area (Å²) < 4.78 is 0. The first-order valence-electron chi connectivity index (χ1n) is 4.73. The van der Waals surface area contributed by atoms with E-state index in [9.17, 15) is 4.79 Å². The van der Waals surface area contributed by atoms with Gasteiger partial charge in [-0.15, -0.1) is 0 Å². The number of carbonyl (C=O) groups is 1. The third kappa shape index (κ3) is 3.22. The maximum absolute atomic E-state index is 10.5. The van der Waals surface area contributed by atoms with E-state index in [-0.39, 0.29) is 6.42 Å². The van der Waals surface area contributed by atoms with Crippen LogP contribution in [0.25, 0.3) is 0 Å². The fourth-order valence-corrected chi connectivity index (χ4v) is 1.62. The van der Waals surface area contributed by atoms with Gasteiger partial charge in [-0.3, -0.25) is 10.1 Å². The molecule has 0 saturated heterocycles. The van der Waals surface area contributed by atoms with Gasteiger partial charge < -0.3 is 5.11 Å². The molecule has 1 aromatic rings. The van der Waals surface area contributed by atoms with Crippen molar-refractivity contribution in [1.29, 1.82) is 0 Å². The fourth-order valence-electron chi connectivity index (χ4n) is 1.40. The summed E-state index contributed by atoms with van der Waals surface area (Å²) in [6.07, 6.45) is 0.392. The van der Waals surface area contributed by atoms with E-state index in [1.165, 1.54) is 0 Å². The van der Waals surface area contributed by atoms with E-state index in [0.29, 0.717) is 6.42 Å². The molecule has 0 radical (unpaired) electrons. The quantitative estimate of drug-likeness (QED) is 0.599. The van der Waals surface area contributed by atoms with E-state index in [1.807, 2.05) is 30.3 Å². The average molecular weight is 228 g/mol. The molecule has 3 nitrogen and oxygen atoms in total. The van der Waals surface area contributed by atoms with Gasteiger partial charge in [-0.1, -0.05) is 41.9 Å². The lowest BCUT2D eigenvalue weighted by molar-refractivity contribution is -0.137. The average Bonchev–Trinajstić information content (AvgIpc) is 2.27. The van der Waals surface area contributed by atoms with Crippen molar-refractivity contribution < 1.29 is 9.90 Å². The molecule has 4 heteroatoms. The Morgan fingerprint density at radius 3 is 2.53 bits per heavy atom. The smallest absolute Gasteiger partial charge is 0.303 e. The summed E-state index contributed by atoms with van der Waals surface area (Å²) >= 11 is 6.32. The summed E-state index contributed by atoms with van der Waals surface area (Å²) in [4.78, 5) is 9.71. The zero-order valence-electron chi connectivity index (χ0n) is 8.53. The Labute approximate surface area is 94.1 Å². The Balaban J connectivity index is 2.80. The number of benzene rings is 1. The molecule has 0 amide bonds. The normalized spacial score (nSPS) is 14.5. The zero-order chi connectivity index (χ0) is 11.3. The molecular weight excluding hydrogens is 214 g/mol. The molecule has 2 N–H and O–H groups in total. The van der Waals surface area contributed by atoms with E-state index in [0.717, 1.165) is 5.56 Å². The topological polar surface area (TPSA) is 49.3 Å². The Morgan fingerprint density at radius 2 is 2.07 bits per heavy atom. The first kappa shape index (κ1) is 12.0. The Bertz CT molecular complexity index is 329. The first-order chi connectivity index (χ1) is 7.08. The molecule has 0 aliphatic carbocycles. The van der Waals surface area contributed by atoms with E-state index >= 15 is 0 Å². The van der Waals surface area contributed by atoms with Crippen molar-refractivity contribution in [1.82, 2.24) is 5.32 Å². The van der Waals surface area contributed by atoms with Gasteiger partial charge in [0.15, 0.2) is 0 Å². The maximum Gasteiger partial charge on any atom is 0.303 e. The molecule has 1 rings (SSSR count). The van der Waals surface area contributed by atoms with Crippen LogP contribution in [-0.4, -0.2) is 18.1 Å². The van der Waals surface area contributed by atoms with Crippen LogP contribution in [0.15, 0.2) is 30.3 Å². The highest BCUT2D eigenvalue weighted by molar-refractivity contribution is 6.23. The summed E-state index contributed by atoms with van der Waals surface area (Å²) in [6, 6.07) is 9.42. The second-order valence-corrected chi connectivity index (χ2v) is 3.96. The summed E-state index contributed by atoms with van der Waals surface area (Å²) in [5.74, 6) is -0.841. The van der Waals surface area contributed by atoms with Crippen LogP contribution >= 0.6 is 11.6 Å². The molecule has 1 atom stereocenters. The Morgan fingerprint density at radius 1 is 1.47 bits per heavy atom. The molecule has 15 heavy (non-hydrogen) atoms. The van der Waals surface area contributed by atoms with Crippen LogP contribution in [0.2, 0.25) is 0 Å². The molecule has 0 aromatic heterocycles. The predicted octanol–water partition coefficient (Wildman–Crippen LogP) is 2.16. The Hall–Kier alpha value is -1.06. The molecule has 1 aromatic carbocycles. The largest absolute Gasteiger partial charge is 0.481 e. The highest BCUT2D eigenvalue weighted by atomic mass is 35.5. The molecule has 0 saturated carbocycles. The standard InChI is InChI=1S/C11H14ClNO2/c1-13-11(12,8-7-10(14)15)9-5-3-2-4-6-9/h2-6,13H,7-8H2,1H3,(H,14,15). The van der Waals surface area contributed by atoms with Crippen molar-refractivity contribution in [3.05, 3.63) is 35.9 Å².